The predicted molar refractivity (Wildman–Crippen MR) is 171 cm³/mol. The smallest absolute Gasteiger partial charge is 0.408 e. The summed E-state index contributed by atoms with van der Waals surface area (Å²) in [5, 5.41) is 7.45. The van der Waals surface area contributed by atoms with E-state index in [1.807, 2.05) is 51.1 Å². The number of hydrogen-bond acceptors (Lipinski definition) is 6. The Labute approximate surface area is 257 Å². The van der Waals surface area contributed by atoms with Crippen molar-refractivity contribution in [2.24, 2.45) is 5.92 Å². The van der Waals surface area contributed by atoms with E-state index in [9.17, 15) is 14.4 Å². The van der Waals surface area contributed by atoms with Crippen molar-refractivity contribution in [1.29, 1.82) is 0 Å². The molecule has 0 saturated carbocycles. The van der Waals surface area contributed by atoms with E-state index >= 15 is 0 Å². The van der Waals surface area contributed by atoms with E-state index in [0.29, 0.717) is 28.2 Å². The van der Waals surface area contributed by atoms with Gasteiger partial charge in [-0.05, 0) is 82.6 Å². The quantitative estimate of drug-likeness (QED) is 0.174. The zero-order valence-electron chi connectivity index (χ0n) is 26.2. The van der Waals surface area contributed by atoms with Crippen molar-refractivity contribution >= 4 is 23.3 Å². The van der Waals surface area contributed by atoms with Gasteiger partial charge in [0.15, 0.2) is 0 Å². The molecule has 9 heteroatoms. The van der Waals surface area contributed by atoms with Crippen molar-refractivity contribution in [3.63, 3.8) is 0 Å². The van der Waals surface area contributed by atoms with Crippen LogP contribution in [-0.2, 0) is 9.53 Å². The Balaban J connectivity index is 1.46. The fourth-order valence-corrected chi connectivity index (χ4v) is 5.50. The molecule has 9 nitrogen and oxygen atoms in total. The standard InChI is InChI=1S/C35H40N4O5/c1-21(2)29(37-34(42)44-35(4,5)6)33(41)43-26-19-17-24(18-20-26)27-22(3)36-31-28(23-13-9-7-10-14-23)30(38-39(31)32(27)40)25-15-11-8-12-16-25/h8,11-13,15-21,29,36H,7,9-10,14H2,1-6H3,(H,37,42)/t29-/m0/s1. The summed E-state index contributed by atoms with van der Waals surface area (Å²) in [5.41, 5.74) is 5.53. The Bertz CT molecular complexity index is 1760. The van der Waals surface area contributed by atoms with Gasteiger partial charge < -0.3 is 19.8 Å². The molecule has 0 bridgehead atoms. The Hall–Kier alpha value is -4.66. The van der Waals surface area contributed by atoms with Gasteiger partial charge in [-0.3, -0.25) is 4.79 Å². The number of aromatic amines is 1. The second kappa shape index (κ2) is 12.5. The maximum Gasteiger partial charge on any atom is 0.408 e. The SMILES string of the molecule is Cc1[nH]c2c(C3=CCCCC3)c(-c3ccccc3)nn2c(=O)c1-c1ccc(OC(=O)[C@@H](NC(=O)OC(C)(C)C)C(C)C)cc1. The molecule has 1 aliphatic rings. The van der Waals surface area contributed by atoms with Gasteiger partial charge in [0.2, 0.25) is 0 Å². The molecule has 0 fully saturated rings. The molecule has 1 amide bonds. The molecule has 44 heavy (non-hydrogen) atoms. The van der Waals surface area contributed by atoms with E-state index in [0.717, 1.165) is 42.5 Å². The predicted octanol–water partition coefficient (Wildman–Crippen LogP) is 7.08. The summed E-state index contributed by atoms with van der Waals surface area (Å²) in [6.07, 6.45) is 5.78. The fraction of sp³-hybridized carbons (Fsp3) is 0.371. The van der Waals surface area contributed by atoms with E-state index in [-0.39, 0.29) is 11.5 Å². The topological polar surface area (TPSA) is 115 Å². The minimum atomic E-state index is -0.899. The van der Waals surface area contributed by atoms with Crippen molar-refractivity contribution in [3.05, 3.63) is 82.3 Å². The summed E-state index contributed by atoms with van der Waals surface area (Å²) < 4.78 is 12.4. The van der Waals surface area contributed by atoms with E-state index in [4.69, 9.17) is 14.6 Å². The van der Waals surface area contributed by atoms with Crippen LogP contribution >= 0.6 is 0 Å². The highest BCUT2D eigenvalue weighted by Crippen LogP contribution is 2.36. The molecular weight excluding hydrogens is 556 g/mol. The van der Waals surface area contributed by atoms with Crippen LogP contribution < -0.4 is 15.6 Å². The van der Waals surface area contributed by atoms with E-state index in [1.54, 1.807) is 45.0 Å². The van der Waals surface area contributed by atoms with E-state index < -0.39 is 23.7 Å². The molecule has 5 rings (SSSR count). The van der Waals surface area contributed by atoms with Crippen molar-refractivity contribution < 1.29 is 19.1 Å². The molecule has 0 unspecified atom stereocenters. The van der Waals surface area contributed by atoms with Gasteiger partial charge >= 0.3 is 12.1 Å². The van der Waals surface area contributed by atoms with Gasteiger partial charge in [-0.25, -0.2) is 9.59 Å². The van der Waals surface area contributed by atoms with Gasteiger partial charge in [0.25, 0.3) is 5.56 Å². The number of esters is 1. The second-order valence-electron chi connectivity index (χ2n) is 12.6. The maximum absolute atomic E-state index is 14.0. The first kappa shape index (κ1) is 30.8. The van der Waals surface area contributed by atoms with Gasteiger partial charge in [-0.1, -0.05) is 62.4 Å². The summed E-state index contributed by atoms with van der Waals surface area (Å²) in [4.78, 5) is 42.7. The average Bonchev–Trinajstić information content (AvgIpc) is 3.36. The molecule has 0 spiro atoms. The number of H-pyrrole nitrogens is 1. The Morgan fingerprint density at radius 2 is 1.68 bits per heavy atom. The molecule has 1 atom stereocenters. The number of benzene rings is 2. The van der Waals surface area contributed by atoms with Gasteiger partial charge in [0.05, 0.1) is 5.56 Å². The molecule has 0 radical (unpaired) electrons. The summed E-state index contributed by atoms with van der Waals surface area (Å²) >= 11 is 0. The van der Waals surface area contributed by atoms with Gasteiger partial charge in [-0.15, -0.1) is 0 Å². The van der Waals surface area contributed by atoms with E-state index in [1.165, 1.54) is 10.1 Å². The van der Waals surface area contributed by atoms with Gasteiger partial charge in [0, 0.05) is 16.8 Å². The first-order valence-electron chi connectivity index (χ1n) is 15.1. The molecule has 1 aliphatic carbocycles. The third-order valence-electron chi connectivity index (χ3n) is 7.59. The van der Waals surface area contributed by atoms with E-state index in [2.05, 4.69) is 16.4 Å². The number of aromatic nitrogens is 3. The monoisotopic (exact) mass is 596 g/mol. The van der Waals surface area contributed by atoms with Crippen molar-refractivity contribution in [2.75, 3.05) is 0 Å². The molecule has 2 N–H and O–H groups in total. The highest BCUT2D eigenvalue weighted by molar-refractivity contribution is 5.88. The number of alkyl carbamates (subject to hydrolysis) is 1. The molecule has 0 aliphatic heterocycles. The molecule has 2 heterocycles. The summed E-state index contributed by atoms with van der Waals surface area (Å²) in [6, 6.07) is 15.8. The average molecular weight is 597 g/mol. The van der Waals surface area contributed by atoms with Crippen LogP contribution in [-0.4, -0.2) is 38.3 Å². The maximum atomic E-state index is 14.0. The number of aryl methyl sites for hydroxylation is 1. The molecule has 230 valence electrons. The molecule has 2 aromatic heterocycles. The molecular formula is C35H40N4O5. The van der Waals surface area contributed by atoms with Crippen LogP contribution in [0.3, 0.4) is 0 Å². The van der Waals surface area contributed by atoms with Crippen molar-refractivity contribution in [1.82, 2.24) is 19.9 Å². The van der Waals surface area contributed by atoms with Crippen molar-refractivity contribution in [2.45, 2.75) is 78.9 Å². The number of carbonyl (C=O) groups excluding carboxylic acids is 2. The number of allylic oxidation sites excluding steroid dienone is 2. The number of nitrogens with zero attached hydrogens (tertiary/aromatic N) is 2. The molecule has 0 saturated heterocycles. The Morgan fingerprint density at radius 1 is 0.977 bits per heavy atom. The second-order valence-corrected chi connectivity index (χ2v) is 12.6. The van der Waals surface area contributed by atoms with Crippen LogP contribution in [0.1, 0.15) is 71.6 Å². The van der Waals surface area contributed by atoms with Gasteiger partial charge in [-0.2, -0.15) is 9.61 Å². The van der Waals surface area contributed by atoms with Crippen LogP contribution in [0.2, 0.25) is 0 Å². The summed E-state index contributed by atoms with van der Waals surface area (Å²) in [5.74, 6) is -0.544. The Morgan fingerprint density at radius 3 is 2.30 bits per heavy atom. The number of fused-ring (bicyclic) bond motifs is 1. The molecule has 4 aromatic rings. The van der Waals surface area contributed by atoms with Crippen LogP contribution in [0.4, 0.5) is 4.79 Å². The lowest BCUT2D eigenvalue weighted by Crippen LogP contribution is -2.48. The number of carbonyl (C=O) groups is 2. The van der Waals surface area contributed by atoms with Crippen LogP contribution in [0, 0.1) is 12.8 Å². The third kappa shape index (κ3) is 6.61. The lowest BCUT2D eigenvalue weighted by Gasteiger charge is -2.24. The van der Waals surface area contributed by atoms with Crippen LogP contribution in [0.5, 0.6) is 5.75 Å². The zero-order valence-corrected chi connectivity index (χ0v) is 26.2. The number of ether oxygens (including phenoxy) is 2. The van der Waals surface area contributed by atoms with Crippen LogP contribution in [0.15, 0.2) is 65.5 Å². The Kier molecular flexibility index (Phi) is 8.76. The highest BCUT2D eigenvalue weighted by Gasteiger charge is 2.29. The summed E-state index contributed by atoms with van der Waals surface area (Å²) in [7, 11) is 0. The van der Waals surface area contributed by atoms with Crippen LogP contribution in [0.25, 0.3) is 33.6 Å². The highest BCUT2D eigenvalue weighted by atomic mass is 16.6. The lowest BCUT2D eigenvalue weighted by atomic mass is 9.92. The fourth-order valence-electron chi connectivity index (χ4n) is 5.50. The number of amides is 1. The van der Waals surface area contributed by atoms with Crippen molar-refractivity contribution in [3.8, 4) is 28.1 Å². The minimum Gasteiger partial charge on any atom is -0.444 e. The first-order chi connectivity index (χ1) is 20.9. The number of rotatable bonds is 7. The number of hydrogen-bond donors (Lipinski definition) is 2. The first-order valence-corrected chi connectivity index (χ1v) is 15.1. The normalized spacial score (nSPS) is 14.3. The molecule has 2 aromatic carbocycles. The minimum absolute atomic E-state index is 0.230. The zero-order chi connectivity index (χ0) is 31.6. The van der Waals surface area contributed by atoms with Gasteiger partial charge in [0.1, 0.15) is 28.7 Å². The third-order valence-corrected chi connectivity index (χ3v) is 7.59. The largest absolute Gasteiger partial charge is 0.444 e. The number of nitrogens with one attached hydrogen (secondary N) is 2. The lowest BCUT2D eigenvalue weighted by molar-refractivity contribution is -0.137. The summed E-state index contributed by atoms with van der Waals surface area (Å²) in [6.45, 7) is 10.8.